The third-order valence-electron chi connectivity index (χ3n) is 5.76. The predicted molar refractivity (Wildman–Crippen MR) is 136 cm³/mol. The van der Waals surface area contributed by atoms with E-state index in [1.807, 2.05) is 0 Å². The topological polar surface area (TPSA) is 60.0 Å². The number of amides is 1. The fourth-order valence-corrected chi connectivity index (χ4v) is 3.53. The second-order valence-electron chi connectivity index (χ2n) is 8.20. The molecule has 1 amide bonds. The molecule has 0 atom stereocenters. The summed E-state index contributed by atoms with van der Waals surface area (Å²) in [4.78, 5) is 20.6. The first-order valence-electron chi connectivity index (χ1n) is 11.0. The van der Waals surface area contributed by atoms with Crippen LogP contribution in [-0.4, -0.2) is 68.0 Å². The van der Waals surface area contributed by atoms with Crippen molar-refractivity contribution in [3.63, 3.8) is 0 Å². The highest BCUT2D eigenvalue weighted by Crippen LogP contribution is 2.14. The Morgan fingerprint density at radius 2 is 1.80 bits per heavy atom. The van der Waals surface area contributed by atoms with E-state index in [1.165, 1.54) is 5.56 Å². The number of aliphatic imine (C=N–C) groups is 1. The standard InChI is InChI=1S/C23H39N5O.HI/c1-5-19(6-2)16-24-23(25-17-22(29)27(3)4)26-21-12-14-28(15-13-21)18-20-10-8-7-9-11-20;/h7-11,19,21H,5-6,12-18H2,1-4H3,(H2,24,25,26);1H. The molecule has 1 aliphatic heterocycles. The summed E-state index contributed by atoms with van der Waals surface area (Å²) in [7, 11) is 3.54. The van der Waals surface area contributed by atoms with Gasteiger partial charge in [-0.1, -0.05) is 57.0 Å². The SMILES string of the molecule is CCC(CC)CNC(=NCC(=O)N(C)C)NC1CCN(Cc2ccccc2)CC1.I. The summed E-state index contributed by atoms with van der Waals surface area (Å²) in [6, 6.07) is 11.1. The number of hydrogen-bond acceptors (Lipinski definition) is 3. The van der Waals surface area contributed by atoms with Crippen molar-refractivity contribution in [2.75, 3.05) is 40.3 Å². The fraction of sp³-hybridized carbons (Fsp3) is 0.652. The van der Waals surface area contributed by atoms with E-state index in [4.69, 9.17) is 0 Å². The number of rotatable bonds is 9. The number of nitrogens with zero attached hydrogens (tertiary/aromatic N) is 3. The molecule has 0 aromatic heterocycles. The minimum absolute atomic E-state index is 0. The number of likely N-dealkylation sites (N-methyl/N-ethyl adjacent to an activating group) is 1. The zero-order chi connectivity index (χ0) is 21.1. The van der Waals surface area contributed by atoms with Crippen LogP contribution >= 0.6 is 24.0 Å². The van der Waals surface area contributed by atoms with Crippen molar-refractivity contribution in [2.24, 2.45) is 10.9 Å². The Balaban J connectivity index is 0.00000450. The van der Waals surface area contributed by atoms with Crippen LogP contribution in [0.5, 0.6) is 0 Å². The highest BCUT2D eigenvalue weighted by molar-refractivity contribution is 14.0. The number of guanidine groups is 1. The summed E-state index contributed by atoms with van der Waals surface area (Å²) < 4.78 is 0. The summed E-state index contributed by atoms with van der Waals surface area (Å²) in [5.74, 6) is 1.42. The van der Waals surface area contributed by atoms with Gasteiger partial charge in [-0.2, -0.15) is 0 Å². The highest BCUT2D eigenvalue weighted by atomic mass is 127. The minimum Gasteiger partial charge on any atom is -0.356 e. The van der Waals surface area contributed by atoms with Crippen molar-refractivity contribution in [3.05, 3.63) is 35.9 Å². The van der Waals surface area contributed by atoms with E-state index in [0.717, 1.165) is 57.8 Å². The lowest BCUT2D eigenvalue weighted by molar-refractivity contribution is -0.127. The highest BCUT2D eigenvalue weighted by Gasteiger charge is 2.20. The monoisotopic (exact) mass is 529 g/mol. The molecule has 1 heterocycles. The maximum absolute atomic E-state index is 12.0. The minimum atomic E-state index is 0. The zero-order valence-electron chi connectivity index (χ0n) is 19.1. The lowest BCUT2D eigenvalue weighted by Gasteiger charge is -2.33. The molecule has 0 saturated carbocycles. The first-order valence-corrected chi connectivity index (χ1v) is 11.0. The van der Waals surface area contributed by atoms with E-state index in [0.29, 0.717) is 12.0 Å². The Labute approximate surface area is 199 Å². The van der Waals surface area contributed by atoms with Crippen molar-refractivity contribution in [3.8, 4) is 0 Å². The number of benzene rings is 1. The van der Waals surface area contributed by atoms with E-state index in [-0.39, 0.29) is 36.4 Å². The van der Waals surface area contributed by atoms with Crippen LogP contribution in [0.25, 0.3) is 0 Å². The van der Waals surface area contributed by atoms with Gasteiger partial charge in [0.25, 0.3) is 0 Å². The average Bonchev–Trinajstić information content (AvgIpc) is 2.74. The molecule has 0 unspecified atom stereocenters. The summed E-state index contributed by atoms with van der Waals surface area (Å²) in [6.45, 7) is 8.67. The maximum atomic E-state index is 12.0. The van der Waals surface area contributed by atoms with Crippen molar-refractivity contribution >= 4 is 35.8 Å². The molecule has 30 heavy (non-hydrogen) atoms. The van der Waals surface area contributed by atoms with E-state index in [9.17, 15) is 4.79 Å². The molecule has 1 aromatic rings. The molecule has 1 aliphatic rings. The van der Waals surface area contributed by atoms with Crippen LogP contribution in [0.4, 0.5) is 0 Å². The van der Waals surface area contributed by atoms with Gasteiger partial charge >= 0.3 is 0 Å². The number of hydrogen-bond donors (Lipinski definition) is 2. The summed E-state index contributed by atoms with van der Waals surface area (Å²) >= 11 is 0. The Hall–Kier alpha value is -1.35. The van der Waals surface area contributed by atoms with Crippen LogP contribution in [0, 0.1) is 5.92 Å². The molecule has 2 N–H and O–H groups in total. The van der Waals surface area contributed by atoms with Crippen LogP contribution in [0.3, 0.4) is 0 Å². The van der Waals surface area contributed by atoms with Gasteiger partial charge in [0.05, 0.1) is 0 Å². The van der Waals surface area contributed by atoms with Gasteiger partial charge in [-0.05, 0) is 24.3 Å². The molecule has 170 valence electrons. The van der Waals surface area contributed by atoms with Gasteiger partial charge in [0.2, 0.25) is 5.91 Å². The van der Waals surface area contributed by atoms with Crippen molar-refractivity contribution < 1.29 is 4.79 Å². The predicted octanol–water partition coefficient (Wildman–Crippen LogP) is 3.33. The van der Waals surface area contributed by atoms with Crippen LogP contribution in [0.15, 0.2) is 35.3 Å². The van der Waals surface area contributed by atoms with Gasteiger partial charge in [0.1, 0.15) is 6.54 Å². The third kappa shape index (κ3) is 9.64. The van der Waals surface area contributed by atoms with E-state index in [1.54, 1.807) is 19.0 Å². The number of halogens is 1. The Morgan fingerprint density at radius 1 is 1.17 bits per heavy atom. The lowest BCUT2D eigenvalue weighted by atomic mass is 10.0. The normalized spacial score (nSPS) is 15.6. The number of piperidine rings is 1. The van der Waals surface area contributed by atoms with Crippen molar-refractivity contribution in [2.45, 2.75) is 52.1 Å². The Bertz CT molecular complexity index is 626. The number of likely N-dealkylation sites (tertiary alicyclic amines) is 1. The van der Waals surface area contributed by atoms with Gasteiger partial charge in [0, 0.05) is 46.3 Å². The van der Waals surface area contributed by atoms with Crippen molar-refractivity contribution in [1.82, 2.24) is 20.4 Å². The van der Waals surface area contributed by atoms with Crippen LogP contribution in [0.1, 0.15) is 45.1 Å². The Kier molecular flexibility index (Phi) is 13.0. The summed E-state index contributed by atoms with van der Waals surface area (Å²) in [6.07, 6.45) is 4.46. The smallest absolute Gasteiger partial charge is 0.243 e. The molecule has 0 bridgehead atoms. The van der Waals surface area contributed by atoms with Crippen LogP contribution in [-0.2, 0) is 11.3 Å². The molecule has 6 nitrogen and oxygen atoms in total. The first kappa shape index (κ1) is 26.7. The number of carbonyl (C=O) groups is 1. The van der Waals surface area contributed by atoms with E-state index < -0.39 is 0 Å². The maximum Gasteiger partial charge on any atom is 0.243 e. The molecular formula is C23H40IN5O. The Morgan fingerprint density at radius 3 is 2.37 bits per heavy atom. The van der Waals surface area contributed by atoms with Gasteiger partial charge in [0.15, 0.2) is 5.96 Å². The van der Waals surface area contributed by atoms with Crippen molar-refractivity contribution in [1.29, 1.82) is 0 Å². The largest absolute Gasteiger partial charge is 0.356 e. The van der Waals surface area contributed by atoms with Crippen LogP contribution in [0.2, 0.25) is 0 Å². The third-order valence-corrected chi connectivity index (χ3v) is 5.76. The second kappa shape index (κ2) is 14.6. The number of nitrogens with one attached hydrogen (secondary N) is 2. The van der Waals surface area contributed by atoms with Crippen LogP contribution < -0.4 is 10.6 Å². The molecule has 1 fully saturated rings. The molecule has 7 heteroatoms. The molecule has 0 radical (unpaired) electrons. The molecule has 2 rings (SSSR count). The first-order chi connectivity index (χ1) is 14.0. The van der Waals surface area contributed by atoms with E-state index in [2.05, 4.69) is 64.7 Å². The van der Waals surface area contributed by atoms with Gasteiger partial charge in [-0.25, -0.2) is 4.99 Å². The molecule has 0 spiro atoms. The summed E-state index contributed by atoms with van der Waals surface area (Å²) in [5, 5.41) is 7.05. The fourth-order valence-electron chi connectivity index (χ4n) is 3.53. The average molecular weight is 530 g/mol. The lowest BCUT2D eigenvalue weighted by Crippen LogP contribution is -2.49. The molecule has 1 aromatic carbocycles. The molecular weight excluding hydrogens is 489 g/mol. The quantitative estimate of drug-likeness (QED) is 0.293. The van der Waals surface area contributed by atoms with E-state index >= 15 is 0 Å². The summed E-state index contributed by atoms with van der Waals surface area (Å²) in [5.41, 5.74) is 1.37. The molecule has 1 saturated heterocycles. The number of carbonyl (C=O) groups excluding carboxylic acids is 1. The zero-order valence-corrected chi connectivity index (χ0v) is 21.4. The van der Waals surface area contributed by atoms with Gasteiger partial charge in [-0.15, -0.1) is 24.0 Å². The molecule has 0 aliphatic carbocycles. The van der Waals surface area contributed by atoms with Gasteiger partial charge < -0.3 is 15.5 Å². The van der Waals surface area contributed by atoms with Gasteiger partial charge in [-0.3, -0.25) is 9.69 Å². The second-order valence-corrected chi connectivity index (χ2v) is 8.20.